The zero-order valence-corrected chi connectivity index (χ0v) is 9.87. The van der Waals surface area contributed by atoms with Gasteiger partial charge in [0.15, 0.2) is 0 Å². The van der Waals surface area contributed by atoms with Crippen molar-refractivity contribution in [2.45, 2.75) is 25.7 Å². The van der Waals surface area contributed by atoms with Crippen molar-refractivity contribution in [2.75, 3.05) is 0 Å². The predicted molar refractivity (Wildman–Crippen MR) is 65.9 cm³/mol. The predicted octanol–water partition coefficient (Wildman–Crippen LogP) is 2.55. The number of nitro groups is 1. The van der Waals surface area contributed by atoms with Gasteiger partial charge in [0.2, 0.25) is 0 Å². The largest absolute Gasteiger partial charge is 0.411 e. The van der Waals surface area contributed by atoms with Gasteiger partial charge in [-0.2, -0.15) is 0 Å². The molecule has 2 unspecified atom stereocenters. The normalized spacial score (nSPS) is 27.9. The number of hydrogen-bond acceptors (Lipinski definition) is 4. The summed E-state index contributed by atoms with van der Waals surface area (Å²) in [6.07, 6.45) is 3.37. The number of oxime groups is 1. The van der Waals surface area contributed by atoms with E-state index in [4.69, 9.17) is 5.21 Å². The Morgan fingerprint density at radius 1 is 1.28 bits per heavy atom. The molecule has 0 heterocycles. The SMILES string of the molecule is O=[N+]([O-])c1cccc2c1CC1CCC(C2)C1=NO. The first-order valence-electron chi connectivity index (χ1n) is 6.17. The Hall–Kier alpha value is -1.91. The molecular weight excluding hydrogens is 232 g/mol. The van der Waals surface area contributed by atoms with Crippen molar-refractivity contribution in [3.05, 3.63) is 39.4 Å². The molecule has 0 saturated heterocycles. The number of nitro benzene ring substituents is 1. The molecule has 1 saturated carbocycles. The van der Waals surface area contributed by atoms with Crippen LogP contribution < -0.4 is 0 Å². The highest BCUT2D eigenvalue weighted by Gasteiger charge is 2.38. The van der Waals surface area contributed by atoms with Crippen LogP contribution in [0.5, 0.6) is 0 Å². The zero-order valence-electron chi connectivity index (χ0n) is 9.87. The van der Waals surface area contributed by atoms with Gasteiger partial charge in [-0.1, -0.05) is 17.3 Å². The molecule has 2 aliphatic rings. The molecule has 0 radical (unpaired) electrons. The minimum absolute atomic E-state index is 0.169. The van der Waals surface area contributed by atoms with Gasteiger partial charge < -0.3 is 5.21 Å². The van der Waals surface area contributed by atoms with Gasteiger partial charge in [0, 0.05) is 23.5 Å². The van der Waals surface area contributed by atoms with Gasteiger partial charge in [-0.15, -0.1) is 0 Å². The Morgan fingerprint density at radius 3 is 2.67 bits per heavy atom. The monoisotopic (exact) mass is 246 g/mol. The van der Waals surface area contributed by atoms with Crippen molar-refractivity contribution in [2.24, 2.45) is 17.0 Å². The van der Waals surface area contributed by atoms with Crippen LogP contribution in [0, 0.1) is 22.0 Å². The Morgan fingerprint density at radius 2 is 2.00 bits per heavy atom. The van der Waals surface area contributed by atoms with Crippen molar-refractivity contribution in [1.82, 2.24) is 0 Å². The summed E-state index contributed by atoms with van der Waals surface area (Å²) in [4.78, 5) is 10.8. The summed E-state index contributed by atoms with van der Waals surface area (Å²) >= 11 is 0. The van der Waals surface area contributed by atoms with Gasteiger partial charge in [0.1, 0.15) is 0 Å². The van der Waals surface area contributed by atoms with E-state index in [1.54, 1.807) is 12.1 Å². The third-order valence-electron chi connectivity index (χ3n) is 4.18. The number of benzene rings is 1. The highest BCUT2D eigenvalue weighted by atomic mass is 16.6. The van der Waals surface area contributed by atoms with Crippen molar-refractivity contribution in [1.29, 1.82) is 0 Å². The molecule has 1 N–H and O–H groups in total. The molecule has 2 atom stereocenters. The van der Waals surface area contributed by atoms with Crippen molar-refractivity contribution in [3.63, 3.8) is 0 Å². The summed E-state index contributed by atoms with van der Waals surface area (Å²) in [5, 5.41) is 23.6. The first kappa shape index (κ1) is 11.2. The number of fused-ring (bicyclic) bond motifs is 3. The van der Waals surface area contributed by atoms with Crippen LogP contribution in [0.1, 0.15) is 24.0 Å². The quantitative estimate of drug-likeness (QED) is 0.470. The maximum absolute atomic E-state index is 11.1. The Labute approximate surface area is 104 Å². The second-order valence-electron chi connectivity index (χ2n) is 5.08. The maximum atomic E-state index is 11.1. The van der Waals surface area contributed by atoms with Gasteiger partial charge in [0.25, 0.3) is 5.69 Å². The van der Waals surface area contributed by atoms with Crippen LogP contribution in [0.25, 0.3) is 0 Å². The van der Waals surface area contributed by atoms with Gasteiger partial charge >= 0.3 is 0 Å². The van der Waals surface area contributed by atoms with Crippen LogP contribution in [0.4, 0.5) is 5.69 Å². The Bertz CT molecular complexity index is 539. The molecule has 0 aliphatic heterocycles. The fourth-order valence-corrected chi connectivity index (χ4v) is 3.34. The highest BCUT2D eigenvalue weighted by Crippen LogP contribution is 2.40. The molecule has 1 fully saturated rings. The van der Waals surface area contributed by atoms with E-state index in [2.05, 4.69) is 5.16 Å². The molecule has 94 valence electrons. The molecule has 5 nitrogen and oxygen atoms in total. The van der Waals surface area contributed by atoms with Gasteiger partial charge in [-0.3, -0.25) is 10.1 Å². The highest BCUT2D eigenvalue weighted by molar-refractivity contribution is 5.91. The Balaban J connectivity index is 2.10. The molecule has 0 amide bonds. The Kier molecular flexibility index (Phi) is 2.54. The van der Waals surface area contributed by atoms with Gasteiger partial charge in [-0.05, 0) is 31.2 Å². The number of nitrogens with zero attached hydrogens (tertiary/aromatic N) is 2. The van der Waals surface area contributed by atoms with E-state index in [0.29, 0.717) is 6.42 Å². The average molecular weight is 246 g/mol. The molecule has 18 heavy (non-hydrogen) atoms. The average Bonchev–Trinajstić information content (AvgIpc) is 2.63. The standard InChI is InChI=1S/C13H14N2O3/c16-14-13-9-4-5-10(13)7-11-8(6-9)2-1-3-12(11)15(17)18/h1-3,9-10,16H,4-7H2. The van der Waals surface area contributed by atoms with Crippen LogP contribution in [0.15, 0.2) is 23.4 Å². The summed E-state index contributed by atoms with van der Waals surface area (Å²) in [7, 11) is 0. The minimum Gasteiger partial charge on any atom is -0.411 e. The van der Waals surface area contributed by atoms with E-state index < -0.39 is 0 Å². The van der Waals surface area contributed by atoms with Crippen molar-refractivity contribution >= 4 is 11.4 Å². The van der Waals surface area contributed by atoms with Crippen LogP contribution in [-0.4, -0.2) is 15.8 Å². The van der Waals surface area contributed by atoms with E-state index >= 15 is 0 Å². The third-order valence-corrected chi connectivity index (χ3v) is 4.18. The van der Waals surface area contributed by atoms with Crippen LogP contribution in [0.3, 0.4) is 0 Å². The second-order valence-corrected chi connectivity index (χ2v) is 5.08. The van der Waals surface area contributed by atoms with Crippen molar-refractivity contribution in [3.8, 4) is 0 Å². The molecule has 5 heteroatoms. The fourth-order valence-electron chi connectivity index (χ4n) is 3.34. The molecule has 0 spiro atoms. The zero-order chi connectivity index (χ0) is 12.7. The van der Waals surface area contributed by atoms with Gasteiger partial charge in [0.05, 0.1) is 10.6 Å². The van der Waals surface area contributed by atoms with Crippen LogP contribution in [-0.2, 0) is 12.8 Å². The lowest BCUT2D eigenvalue weighted by atomic mass is 9.92. The molecule has 1 aromatic rings. The van der Waals surface area contributed by atoms with E-state index in [-0.39, 0.29) is 22.4 Å². The van der Waals surface area contributed by atoms with E-state index in [1.165, 1.54) is 0 Å². The van der Waals surface area contributed by atoms with Gasteiger partial charge in [-0.25, -0.2) is 0 Å². The first-order chi connectivity index (χ1) is 8.70. The summed E-state index contributed by atoms with van der Waals surface area (Å²) < 4.78 is 0. The third kappa shape index (κ3) is 1.58. The van der Waals surface area contributed by atoms with E-state index in [9.17, 15) is 10.1 Å². The van der Waals surface area contributed by atoms with E-state index in [0.717, 1.165) is 36.1 Å². The lowest BCUT2D eigenvalue weighted by molar-refractivity contribution is -0.385. The molecule has 0 aromatic heterocycles. The minimum atomic E-state index is -0.312. The number of hydrogen-bond donors (Lipinski definition) is 1. The summed E-state index contributed by atoms with van der Waals surface area (Å²) in [5.74, 6) is 0.422. The first-order valence-corrected chi connectivity index (χ1v) is 6.17. The van der Waals surface area contributed by atoms with Crippen LogP contribution >= 0.6 is 0 Å². The molecule has 3 rings (SSSR count). The lowest BCUT2D eigenvalue weighted by Crippen LogP contribution is -2.14. The van der Waals surface area contributed by atoms with Crippen LogP contribution in [0.2, 0.25) is 0 Å². The summed E-state index contributed by atoms with van der Waals surface area (Å²) in [6.45, 7) is 0. The fraction of sp³-hybridized carbons (Fsp3) is 0.462. The molecule has 2 bridgehead atoms. The van der Waals surface area contributed by atoms with Crippen molar-refractivity contribution < 1.29 is 10.1 Å². The topological polar surface area (TPSA) is 75.7 Å². The second kappa shape index (κ2) is 4.08. The number of rotatable bonds is 1. The smallest absolute Gasteiger partial charge is 0.272 e. The lowest BCUT2D eigenvalue weighted by Gasteiger charge is -2.12. The molecule has 2 aliphatic carbocycles. The maximum Gasteiger partial charge on any atom is 0.272 e. The summed E-state index contributed by atoms with van der Waals surface area (Å²) in [5.41, 5.74) is 2.91. The molecular formula is C13H14N2O3. The summed E-state index contributed by atoms with van der Waals surface area (Å²) in [6, 6.07) is 5.26. The molecule has 1 aromatic carbocycles. The van der Waals surface area contributed by atoms with E-state index in [1.807, 2.05) is 6.07 Å².